The van der Waals surface area contributed by atoms with Gasteiger partial charge in [-0.2, -0.15) is 4.98 Å². The van der Waals surface area contributed by atoms with Crippen molar-refractivity contribution in [1.82, 2.24) is 19.5 Å². The number of nitrogens with zero attached hydrogens (tertiary/aromatic N) is 4. The van der Waals surface area contributed by atoms with Crippen LogP contribution in [0.5, 0.6) is 0 Å². The molecule has 1 aliphatic heterocycles. The highest BCUT2D eigenvalue weighted by Gasteiger charge is 2.16. The maximum absolute atomic E-state index is 12.1. The number of aryl methyl sites for hydroxylation is 1. The zero-order valence-corrected chi connectivity index (χ0v) is 11.7. The average molecular weight is 273 g/mol. The SMILES string of the molecule is Cc1cccn2nc(NCC(=O)N3CCCCC3)nc12. The molecule has 2 aromatic heterocycles. The number of piperidine rings is 1. The number of anilines is 1. The summed E-state index contributed by atoms with van der Waals surface area (Å²) in [7, 11) is 0. The molecule has 20 heavy (non-hydrogen) atoms. The number of carbonyl (C=O) groups is 1. The molecule has 1 fully saturated rings. The second-order valence-corrected chi connectivity index (χ2v) is 5.19. The summed E-state index contributed by atoms with van der Waals surface area (Å²) in [5, 5.41) is 7.34. The predicted octanol–water partition coefficient (Wildman–Crippen LogP) is 1.46. The lowest BCUT2D eigenvalue weighted by Gasteiger charge is -2.26. The Hall–Kier alpha value is -2.11. The van der Waals surface area contributed by atoms with Gasteiger partial charge in [-0.3, -0.25) is 4.79 Å². The Balaban J connectivity index is 1.64. The molecule has 0 aromatic carbocycles. The molecule has 0 saturated carbocycles. The molecule has 1 N–H and O–H groups in total. The molecule has 6 heteroatoms. The summed E-state index contributed by atoms with van der Waals surface area (Å²) >= 11 is 0. The maximum Gasteiger partial charge on any atom is 0.243 e. The molecule has 0 radical (unpaired) electrons. The Morgan fingerprint density at radius 1 is 1.35 bits per heavy atom. The van der Waals surface area contributed by atoms with E-state index in [4.69, 9.17) is 0 Å². The van der Waals surface area contributed by atoms with Crippen LogP contribution in [0.3, 0.4) is 0 Å². The number of hydrogen-bond donors (Lipinski definition) is 1. The number of rotatable bonds is 3. The minimum absolute atomic E-state index is 0.125. The second kappa shape index (κ2) is 5.48. The summed E-state index contributed by atoms with van der Waals surface area (Å²) in [4.78, 5) is 18.4. The third-order valence-electron chi connectivity index (χ3n) is 3.66. The van der Waals surface area contributed by atoms with Crippen LogP contribution in [0.1, 0.15) is 24.8 Å². The molecule has 0 unspecified atom stereocenters. The summed E-state index contributed by atoms with van der Waals surface area (Å²) in [6.07, 6.45) is 5.30. The van der Waals surface area contributed by atoms with Crippen LogP contribution in [0.4, 0.5) is 5.95 Å². The monoisotopic (exact) mass is 273 g/mol. The van der Waals surface area contributed by atoms with Crippen molar-refractivity contribution >= 4 is 17.5 Å². The number of fused-ring (bicyclic) bond motifs is 1. The minimum atomic E-state index is 0.125. The topological polar surface area (TPSA) is 62.5 Å². The van der Waals surface area contributed by atoms with E-state index >= 15 is 0 Å². The molecular weight excluding hydrogens is 254 g/mol. The minimum Gasteiger partial charge on any atom is -0.344 e. The van der Waals surface area contributed by atoms with Crippen LogP contribution in [0.15, 0.2) is 18.3 Å². The van der Waals surface area contributed by atoms with Crippen LogP contribution in [-0.4, -0.2) is 45.0 Å². The standard InChI is InChI=1S/C14H19N5O/c1-11-6-5-9-19-13(11)16-14(17-19)15-10-12(20)18-7-3-2-4-8-18/h5-6,9H,2-4,7-8,10H2,1H3,(H,15,17). The molecule has 3 heterocycles. The first-order valence-corrected chi connectivity index (χ1v) is 7.08. The number of likely N-dealkylation sites (tertiary alicyclic amines) is 1. The van der Waals surface area contributed by atoms with E-state index in [-0.39, 0.29) is 12.5 Å². The summed E-state index contributed by atoms with van der Waals surface area (Å²) in [5.41, 5.74) is 1.89. The average Bonchev–Trinajstić information content (AvgIpc) is 2.90. The van der Waals surface area contributed by atoms with Gasteiger partial charge in [0.25, 0.3) is 0 Å². The predicted molar refractivity (Wildman–Crippen MR) is 76.6 cm³/mol. The molecule has 3 rings (SSSR count). The molecule has 1 saturated heterocycles. The van der Waals surface area contributed by atoms with Crippen molar-refractivity contribution in [1.29, 1.82) is 0 Å². The van der Waals surface area contributed by atoms with E-state index < -0.39 is 0 Å². The van der Waals surface area contributed by atoms with E-state index in [2.05, 4.69) is 15.4 Å². The smallest absolute Gasteiger partial charge is 0.243 e. The molecule has 0 atom stereocenters. The van der Waals surface area contributed by atoms with Gasteiger partial charge in [-0.15, -0.1) is 5.10 Å². The van der Waals surface area contributed by atoms with Crippen LogP contribution < -0.4 is 5.32 Å². The third-order valence-corrected chi connectivity index (χ3v) is 3.66. The highest BCUT2D eigenvalue weighted by Crippen LogP contribution is 2.11. The molecule has 2 aromatic rings. The Kier molecular flexibility index (Phi) is 3.54. The van der Waals surface area contributed by atoms with Crippen molar-refractivity contribution in [3.63, 3.8) is 0 Å². The number of aromatic nitrogens is 3. The van der Waals surface area contributed by atoms with E-state index in [0.29, 0.717) is 5.95 Å². The van der Waals surface area contributed by atoms with E-state index in [9.17, 15) is 4.79 Å². The van der Waals surface area contributed by atoms with Gasteiger partial charge in [0.15, 0.2) is 5.65 Å². The lowest BCUT2D eigenvalue weighted by molar-refractivity contribution is -0.130. The molecule has 1 amide bonds. The lowest BCUT2D eigenvalue weighted by atomic mass is 10.1. The van der Waals surface area contributed by atoms with Gasteiger partial charge in [-0.05, 0) is 37.8 Å². The van der Waals surface area contributed by atoms with Gasteiger partial charge < -0.3 is 10.2 Å². The second-order valence-electron chi connectivity index (χ2n) is 5.19. The van der Waals surface area contributed by atoms with E-state index in [1.165, 1.54) is 6.42 Å². The van der Waals surface area contributed by atoms with Gasteiger partial charge in [-0.25, -0.2) is 4.52 Å². The summed E-state index contributed by atoms with van der Waals surface area (Å²) < 4.78 is 1.73. The van der Waals surface area contributed by atoms with E-state index in [1.807, 2.05) is 30.2 Å². The Morgan fingerprint density at radius 2 is 2.15 bits per heavy atom. The fourth-order valence-corrected chi connectivity index (χ4v) is 2.52. The number of carbonyl (C=O) groups excluding carboxylic acids is 1. The Bertz CT molecular complexity index is 615. The van der Waals surface area contributed by atoms with Gasteiger partial charge in [0.05, 0.1) is 6.54 Å². The fraction of sp³-hybridized carbons (Fsp3) is 0.500. The normalized spacial score (nSPS) is 15.6. The first kappa shape index (κ1) is 12.9. The highest BCUT2D eigenvalue weighted by molar-refractivity contribution is 5.80. The van der Waals surface area contributed by atoms with E-state index in [0.717, 1.165) is 37.1 Å². The number of nitrogens with one attached hydrogen (secondary N) is 1. The van der Waals surface area contributed by atoms with Crippen molar-refractivity contribution in [3.05, 3.63) is 23.9 Å². The first-order valence-electron chi connectivity index (χ1n) is 7.08. The van der Waals surface area contributed by atoms with Crippen LogP contribution in [-0.2, 0) is 4.79 Å². The molecule has 0 aliphatic carbocycles. The quantitative estimate of drug-likeness (QED) is 0.919. The van der Waals surface area contributed by atoms with Gasteiger partial charge in [0.2, 0.25) is 11.9 Å². The molecule has 0 spiro atoms. The van der Waals surface area contributed by atoms with Gasteiger partial charge in [0.1, 0.15) is 0 Å². The summed E-state index contributed by atoms with van der Waals surface area (Å²) in [5.74, 6) is 0.630. The Morgan fingerprint density at radius 3 is 2.90 bits per heavy atom. The van der Waals surface area contributed by atoms with Crippen molar-refractivity contribution < 1.29 is 4.79 Å². The van der Waals surface area contributed by atoms with Crippen molar-refractivity contribution in [2.75, 3.05) is 25.0 Å². The molecule has 106 valence electrons. The van der Waals surface area contributed by atoms with Crippen LogP contribution >= 0.6 is 0 Å². The van der Waals surface area contributed by atoms with Crippen molar-refractivity contribution in [2.24, 2.45) is 0 Å². The summed E-state index contributed by atoms with van der Waals surface area (Å²) in [6.45, 7) is 4.00. The van der Waals surface area contributed by atoms with Crippen molar-refractivity contribution in [2.45, 2.75) is 26.2 Å². The maximum atomic E-state index is 12.1. The molecular formula is C14H19N5O. The molecule has 0 bridgehead atoms. The zero-order chi connectivity index (χ0) is 13.9. The largest absolute Gasteiger partial charge is 0.344 e. The van der Waals surface area contributed by atoms with Gasteiger partial charge in [0, 0.05) is 19.3 Å². The summed E-state index contributed by atoms with van der Waals surface area (Å²) in [6, 6.07) is 3.92. The number of hydrogen-bond acceptors (Lipinski definition) is 4. The zero-order valence-electron chi connectivity index (χ0n) is 11.7. The van der Waals surface area contributed by atoms with Gasteiger partial charge >= 0.3 is 0 Å². The van der Waals surface area contributed by atoms with Crippen LogP contribution in [0.25, 0.3) is 5.65 Å². The lowest BCUT2D eigenvalue weighted by Crippen LogP contribution is -2.39. The molecule has 6 nitrogen and oxygen atoms in total. The first-order chi connectivity index (χ1) is 9.74. The van der Waals surface area contributed by atoms with Crippen LogP contribution in [0, 0.1) is 6.92 Å². The Labute approximate surface area is 117 Å². The number of pyridine rings is 1. The van der Waals surface area contributed by atoms with E-state index in [1.54, 1.807) is 4.52 Å². The highest BCUT2D eigenvalue weighted by atomic mass is 16.2. The molecule has 1 aliphatic rings. The third kappa shape index (κ3) is 2.59. The van der Waals surface area contributed by atoms with Crippen molar-refractivity contribution in [3.8, 4) is 0 Å². The fourth-order valence-electron chi connectivity index (χ4n) is 2.52. The number of amides is 1. The van der Waals surface area contributed by atoms with Crippen LogP contribution in [0.2, 0.25) is 0 Å². The van der Waals surface area contributed by atoms with Gasteiger partial charge in [-0.1, -0.05) is 6.07 Å².